The molecule has 6 N–H and O–H groups in total. The molecule has 0 radical (unpaired) electrons. The number of aromatic hydroxyl groups is 2. The average molecular weight is 1180 g/mol. The van der Waals surface area contributed by atoms with Gasteiger partial charge in [-0.25, -0.2) is 17.6 Å². The number of aromatic nitrogens is 2. The van der Waals surface area contributed by atoms with Gasteiger partial charge < -0.3 is 53.8 Å². The molecule has 0 spiro atoms. The number of hydrogen-bond donors (Lipinski definition) is 6. The largest absolute Gasteiger partial charge is 0.503 e. The second kappa shape index (κ2) is 24.9. The first-order chi connectivity index (χ1) is 34.6. The minimum atomic E-state index is -4.44. The maximum absolute atomic E-state index is 13.9. The second-order valence-electron chi connectivity index (χ2n) is 19.3. The summed E-state index contributed by atoms with van der Waals surface area (Å²) < 4.78 is 96.5. The van der Waals surface area contributed by atoms with Gasteiger partial charge in [-0.1, -0.05) is 31.8 Å². The maximum atomic E-state index is 13.9. The lowest BCUT2D eigenvalue weighted by atomic mass is 9.73. The third kappa shape index (κ3) is 15.5. The fraction of sp³-hybridized carbons (Fsp3) is 0.458. The Balaban J connectivity index is 0.000000298. The topological polar surface area (TPSA) is 279 Å². The Morgan fingerprint density at radius 3 is 1.41 bits per heavy atom. The van der Waals surface area contributed by atoms with Crippen LogP contribution in [-0.4, -0.2) is 111 Å². The van der Waals surface area contributed by atoms with Crippen LogP contribution in [0.3, 0.4) is 0 Å². The van der Waals surface area contributed by atoms with Crippen LogP contribution < -0.4 is 21.5 Å². The molecule has 5 unspecified atom stereocenters. The lowest BCUT2D eigenvalue weighted by Gasteiger charge is -2.41. The minimum Gasteiger partial charge on any atom is -0.503 e. The van der Waals surface area contributed by atoms with E-state index >= 15 is 0 Å². The maximum Gasteiger partial charge on any atom is 0.325 e. The fourth-order valence-corrected chi connectivity index (χ4v) is 10.5. The first-order valence-corrected chi connectivity index (χ1v) is 32.9. The molecule has 6 rings (SSSR count). The number of ether oxygens (including phenoxy) is 2. The number of methoxy groups -OCH3 is 2. The Bertz CT molecular complexity index is 3050. The number of hydrogen-bond acceptors (Lipinski definition) is 13. The summed E-state index contributed by atoms with van der Waals surface area (Å²) in [6.45, 7) is 11.6. The van der Waals surface area contributed by atoms with Crippen molar-refractivity contribution in [1.82, 2.24) is 19.8 Å². The van der Waals surface area contributed by atoms with Crippen molar-refractivity contribution in [2.45, 2.75) is 91.6 Å². The number of Topliss-reactive ketones (excluding diaryl/α,β-unsaturated/α-hetero) is 2. The average Bonchev–Trinajstić information content (AvgIpc) is 3.30. The predicted molar refractivity (Wildman–Crippen MR) is 275 cm³/mol. The highest BCUT2D eigenvalue weighted by Gasteiger charge is 2.50. The van der Waals surface area contributed by atoms with Gasteiger partial charge in [0.25, 0.3) is 11.8 Å². The van der Waals surface area contributed by atoms with E-state index in [1.807, 2.05) is 0 Å². The van der Waals surface area contributed by atoms with Crippen molar-refractivity contribution in [3.63, 3.8) is 0 Å². The van der Waals surface area contributed by atoms with E-state index < -0.39 is 137 Å². The Morgan fingerprint density at radius 1 is 0.733 bits per heavy atom. The number of nitrogens with one attached hydrogen (secondary N) is 2. The molecule has 4 heterocycles. The number of carbonyl (C=O) groups excluding carboxylic acids is 4. The monoisotopic (exact) mass is 1180 g/mol. The number of fused-ring (bicyclic) bond motifs is 2. The Kier molecular flexibility index (Phi) is 20.7. The van der Waals surface area contributed by atoms with Gasteiger partial charge in [0.2, 0.25) is 10.9 Å². The summed E-state index contributed by atoms with van der Waals surface area (Å²) in [5, 5.41) is 25.8. The highest BCUT2D eigenvalue weighted by atomic mass is 79.9. The van der Waals surface area contributed by atoms with E-state index in [-0.39, 0.29) is 68.6 Å². The number of pyridine rings is 2. The number of rotatable bonds is 16. The lowest BCUT2D eigenvalue weighted by molar-refractivity contribution is -0.0165. The van der Waals surface area contributed by atoms with Crippen LogP contribution in [0.2, 0.25) is 19.6 Å². The highest BCUT2D eigenvalue weighted by molar-refractivity contribution is 9.26. The summed E-state index contributed by atoms with van der Waals surface area (Å²) in [6.07, 6.45) is -0.0715. The fourth-order valence-electron chi connectivity index (χ4n) is 8.22. The van der Waals surface area contributed by atoms with Crippen molar-refractivity contribution in [1.29, 1.82) is 0 Å². The summed E-state index contributed by atoms with van der Waals surface area (Å²) >= 11 is 3.51. The minimum absolute atomic E-state index is 0.00214. The zero-order chi connectivity index (χ0) is 56.8. The molecule has 2 aromatic heterocycles. The summed E-state index contributed by atoms with van der Waals surface area (Å²) in [6, 6.07) is 5.63. The van der Waals surface area contributed by atoms with Crippen molar-refractivity contribution in [2.75, 3.05) is 39.8 Å². The third-order valence-corrected chi connectivity index (χ3v) is 15.1. The van der Waals surface area contributed by atoms with Crippen LogP contribution in [0.5, 0.6) is 11.5 Å². The van der Waals surface area contributed by atoms with Crippen LogP contribution in [0.1, 0.15) is 86.4 Å². The summed E-state index contributed by atoms with van der Waals surface area (Å²) in [4.78, 5) is 96.0. The number of amides is 2. The number of carbonyl (C=O) groups is 4. The SMILES string of the molecule is CCOP(C)(=O)CCC1(C)C(=O)c2c(O)c(=O)c(C(=O)NCc3ccc(F)cc3F)cn2CC1OC.COC1Cn2cc(C(=O)NCc3ccc(F)cc3F)c(=O)c(O)c2C(=O)C1(C)CCP(=O)(O)O.C[Si](C)(C)Br. The number of nitrogens with zero attached hydrogens (tertiary/aromatic N) is 2. The van der Waals surface area contributed by atoms with Crippen LogP contribution in [0.15, 0.2) is 58.4 Å². The van der Waals surface area contributed by atoms with Gasteiger partial charge in [-0.15, -0.1) is 15.3 Å². The van der Waals surface area contributed by atoms with E-state index in [4.69, 9.17) is 14.0 Å². The molecule has 4 aromatic rings. The van der Waals surface area contributed by atoms with Gasteiger partial charge in [0.1, 0.15) is 52.5 Å². The van der Waals surface area contributed by atoms with Gasteiger partial charge in [-0.3, -0.25) is 37.9 Å². The molecule has 0 fully saturated rings. The summed E-state index contributed by atoms with van der Waals surface area (Å²) in [5.74, 6) is -8.46. The molecule has 5 atom stereocenters. The Morgan fingerprint density at radius 2 is 1.09 bits per heavy atom. The van der Waals surface area contributed by atoms with Gasteiger partial charge in [-0.05, 0) is 45.7 Å². The zero-order valence-corrected chi connectivity index (χ0v) is 47.0. The van der Waals surface area contributed by atoms with Crippen LogP contribution in [-0.2, 0) is 49.3 Å². The van der Waals surface area contributed by atoms with Crippen molar-refractivity contribution in [2.24, 2.45) is 10.8 Å². The highest BCUT2D eigenvalue weighted by Crippen LogP contribution is 2.49. The molecule has 0 saturated heterocycles. The van der Waals surface area contributed by atoms with Gasteiger partial charge >= 0.3 is 7.60 Å². The second-order valence-corrected chi connectivity index (χ2v) is 35.1. The third-order valence-electron chi connectivity index (χ3n) is 12.5. The Hall–Kier alpha value is -5.10. The van der Waals surface area contributed by atoms with E-state index in [0.29, 0.717) is 12.1 Å². The lowest BCUT2D eigenvalue weighted by Crippen LogP contribution is -2.50. The molecule has 75 heavy (non-hydrogen) atoms. The zero-order valence-electron chi connectivity index (χ0n) is 42.6. The molecule has 412 valence electrons. The smallest absolute Gasteiger partial charge is 0.325 e. The molecule has 0 aliphatic carbocycles. The standard InChI is InChI=1S/C24H29F2N2O7P.C21H23F2N2O8P.C3H9BrSi/c1-5-35-36(4,33)9-8-24(2)18(34-3)13-28-12-16(20(29)21(30)19(28)22(24)31)23(32)27-11-14-6-7-15(25)10-17(14)26;1-21(5-6-34(30,31)32)15(33-2)10-25-9-13(17(26)18(27)16(25)19(21)28)20(29)24-8-11-3-4-12(22)7-14(11)23;1-5(2,3)4/h6-7,10,12,18,30H,5,8-9,11,13H2,1-4H3,(H,27,32);3-4,7,9,15,27H,5-6,8,10H2,1-2H3,(H,24,29)(H2,30,31,32);1-3H3. The number of benzene rings is 2. The van der Waals surface area contributed by atoms with Gasteiger partial charge in [-0.2, -0.15) is 0 Å². The predicted octanol–water partition coefficient (Wildman–Crippen LogP) is 7.08. The van der Waals surface area contributed by atoms with Gasteiger partial charge in [0, 0.05) is 75.8 Å². The van der Waals surface area contributed by atoms with E-state index in [2.05, 4.69) is 45.6 Å². The molecule has 0 saturated carbocycles. The van der Waals surface area contributed by atoms with E-state index in [0.717, 1.165) is 36.7 Å². The first-order valence-electron chi connectivity index (χ1n) is 23.1. The van der Waals surface area contributed by atoms with Gasteiger partial charge in [0.15, 0.2) is 30.4 Å². The molecule has 2 aromatic carbocycles. The van der Waals surface area contributed by atoms with Gasteiger partial charge in [0.05, 0.1) is 48.9 Å². The number of halogens is 5. The van der Waals surface area contributed by atoms with Crippen LogP contribution in [0.4, 0.5) is 17.6 Å². The number of ketones is 2. The normalized spacial score (nSPS) is 20.1. The van der Waals surface area contributed by atoms with E-state index in [1.165, 1.54) is 36.9 Å². The molecular weight excluding hydrogens is 1120 g/mol. The quantitative estimate of drug-likeness (QED) is 0.0283. The van der Waals surface area contributed by atoms with E-state index in [1.54, 1.807) is 13.8 Å². The van der Waals surface area contributed by atoms with Crippen molar-refractivity contribution in [3.8, 4) is 11.5 Å². The van der Waals surface area contributed by atoms with Crippen molar-refractivity contribution in [3.05, 3.63) is 126 Å². The first kappa shape index (κ1) is 62.4. The van der Waals surface area contributed by atoms with Crippen molar-refractivity contribution >= 4 is 60.3 Å². The summed E-state index contributed by atoms with van der Waals surface area (Å²) in [5.41, 5.74) is -6.60. The molecular formula is C48H61BrF4N4O15P2Si. The Labute approximate surface area is 438 Å². The van der Waals surface area contributed by atoms with Crippen molar-refractivity contribution < 1.29 is 79.9 Å². The molecule has 0 bridgehead atoms. The molecule has 2 aliphatic rings. The molecule has 2 aliphatic heterocycles. The van der Waals surface area contributed by atoms with E-state index in [9.17, 15) is 75.5 Å². The molecule has 27 heteroatoms. The van der Waals surface area contributed by atoms with Crippen LogP contribution in [0, 0.1) is 34.1 Å². The molecule has 19 nitrogen and oxygen atoms in total. The molecule has 2 amide bonds. The summed E-state index contributed by atoms with van der Waals surface area (Å²) in [7, 11) is -4.71. The van der Waals surface area contributed by atoms with Crippen LogP contribution >= 0.6 is 30.3 Å². The van der Waals surface area contributed by atoms with Crippen LogP contribution in [0.25, 0.3) is 0 Å².